The maximum atomic E-state index is 11.9. The predicted molar refractivity (Wildman–Crippen MR) is 82.8 cm³/mol. The fourth-order valence-electron chi connectivity index (χ4n) is 2.03. The molecule has 6 nitrogen and oxygen atoms in total. The number of halogens is 2. The SMILES string of the molecule is CS(=O)(=O)c1ccc(N2CC(S(=O)(=O)Cl)CC2=O)c(Br)c1. The van der Waals surface area contributed by atoms with Crippen LogP contribution in [0.1, 0.15) is 6.42 Å². The molecule has 1 amide bonds. The van der Waals surface area contributed by atoms with Crippen molar-refractivity contribution in [3.63, 3.8) is 0 Å². The normalized spacial score (nSPS) is 20.0. The number of hydrogen-bond donors (Lipinski definition) is 0. The first kappa shape index (κ1) is 16.7. The number of anilines is 1. The monoisotopic (exact) mass is 415 g/mol. The molecule has 1 heterocycles. The Morgan fingerprint density at radius 1 is 1.29 bits per heavy atom. The Hall–Kier alpha value is -0.640. The largest absolute Gasteiger partial charge is 0.310 e. The molecule has 1 atom stereocenters. The quantitative estimate of drug-likeness (QED) is 0.697. The van der Waals surface area contributed by atoms with E-state index in [1.807, 2.05) is 0 Å². The maximum absolute atomic E-state index is 11.9. The Balaban J connectivity index is 2.38. The van der Waals surface area contributed by atoms with Crippen LogP contribution >= 0.6 is 26.6 Å². The van der Waals surface area contributed by atoms with Crippen LogP contribution < -0.4 is 4.90 Å². The fourth-order valence-corrected chi connectivity index (χ4v) is 4.45. The van der Waals surface area contributed by atoms with Gasteiger partial charge >= 0.3 is 0 Å². The Labute approximate surface area is 135 Å². The maximum Gasteiger partial charge on any atom is 0.237 e. The van der Waals surface area contributed by atoms with Crippen LogP contribution in [0.2, 0.25) is 0 Å². The van der Waals surface area contributed by atoms with Crippen molar-refractivity contribution >= 4 is 57.1 Å². The van der Waals surface area contributed by atoms with E-state index < -0.39 is 24.1 Å². The molecule has 1 aliphatic rings. The molecule has 1 aromatic rings. The lowest BCUT2D eigenvalue weighted by Gasteiger charge is -2.18. The molecule has 2 rings (SSSR count). The molecular formula is C11H11BrClNO5S2. The van der Waals surface area contributed by atoms with Crippen LogP contribution in [0.3, 0.4) is 0 Å². The van der Waals surface area contributed by atoms with Crippen LogP contribution in [0, 0.1) is 0 Å². The Morgan fingerprint density at radius 3 is 2.33 bits per heavy atom. The number of carbonyl (C=O) groups excluding carboxylic acids is 1. The topological polar surface area (TPSA) is 88.6 Å². The summed E-state index contributed by atoms with van der Waals surface area (Å²) in [6.45, 7) is -0.0541. The Bertz CT molecular complexity index is 806. The summed E-state index contributed by atoms with van der Waals surface area (Å²) in [6, 6.07) is 4.20. The van der Waals surface area contributed by atoms with Crippen molar-refractivity contribution in [3.05, 3.63) is 22.7 Å². The van der Waals surface area contributed by atoms with Gasteiger partial charge in [-0.25, -0.2) is 16.8 Å². The molecule has 116 valence electrons. The predicted octanol–water partition coefficient (Wildman–Crippen LogP) is 1.53. The Morgan fingerprint density at radius 2 is 1.90 bits per heavy atom. The average molecular weight is 417 g/mol. The van der Waals surface area contributed by atoms with Gasteiger partial charge in [0.25, 0.3) is 0 Å². The molecule has 1 aliphatic heterocycles. The van der Waals surface area contributed by atoms with E-state index in [2.05, 4.69) is 15.9 Å². The smallest absolute Gasteiger partial charge is 0.237 e. The zero-order valence-corrected chi connectivity index (χ0v) is 14.8. The van der Waals surface area contributed by atoms with Crippen LogP contribution in [0.15, 0.2) is 27.6 Å². The van der Waals surface area contributed by atoms with Crippen LogP contribution in [-0.2, 0) is 23.7 Å². The molecule has 0 bridgehead atoms. The molecular weight excluding hydrogens is 406 g/mol. The number of carbonyl (C=O) groups is 1. The van der Waals surface area contributed by atoms with Gasteiger partial charge in [-0.3, -0.25) is 4.79 Å². The third-order valence-electron chi connectivity index (χ3n) is 3.13. The molecule has 0 N–H and O–H groups in total. The zero-order valence-electron chi connectivity index (χ0n) is 10.8. The van der Waals surface area contributed by atoms with Gasteiger partial charge < -0.3 is 4.90 Å². The van der Waals surface area contributed by atoms with Crippen molar-refractivity contribution in [3.8, 4) is 0 Å². The number of sulfone groups is 1. The first-order valence-corrected chi connectivity index (χ1v) is 10.8. The third kappa shape index (κ3) is 3.58. The summed E-state index contributed by atoms with van der Waals surface area (Å²) < 4.78 is 46.0. The third-order valence-corrected chi connectivity index (χ3v) is 6.74. The molecule has 1 unspecified atom stereocenters. The molecule has 1 fully saturated rings. The van der Waals surface area contributed by atoms with Crippen LogP contribution in [-0.4, -0.2) is 40.8 Å². The van der Waals surface area contributed by atoms with Crippen molar-refractivity contribution in [1.82, 2.24) is 0 Å². The molecule has 0 aromatic heterocycles. The van der Waals surface area contributed by atoms with Gasteiger partial charge in [0.05, 0.1) is 10.6 Å². The van der Waals surface area contributed by atoms with E-state index in [1.165, 1.54) is 23.1 Å². The second-order valence-corrected chi connectivity index (χ2v) is 10.5. The van der Waals surface area contributed by atoms with E-state index in [0.29, 0.717) is 10.2 Å². The number of rotatable bonds is 3. The van der Waals surface area contributed by atoms with Crippen molar-refractivity contribution < 1.29 is 21.6 Å². The standard InChI is InChI=1S/C11H11BrClNO5S2/c1-20(16,17)7-2-3-10(9(12)4-7)14-6-8(5-11(14)15)21(13,18)19/h2-4,8H,5-6H2,1H3. The summed E-state index contributed by atoms with van der Waals surface area (Å²) >= 11 is 3.21. The highest BCUT2D eigenvalue weighted by Gasteiger charge is 2.38. The number of amides is 1. The molecule has 0 saturated carbocycles. The molecule has 0 spiro atoms. The lowest BCUT2D eigenvalue weighted by molar-refractivity contribution is -0.117. The van der Waals surface area contributed by atoms with E-state index >= 15 is 0 Å². The number of benzene rings is 1. The van der Waals surface area contributed by atoms with Gasteiger partial charge in [0, 0.05) is 34.4 Å². The van der Waals surface area contributed by atoms with Crippen LogP contribution in [0.25, 0.3) is 0 Å². The Kier molecular flexibility index (Phi) is 4.40. The highest BCUT2D eigenvalue weighted by atomic mass is 79.9. The van der Waals surface area contributed by atoms with E-state index in [9.17, 15) is 21.6 Å². The summed E-state index contributed by atoms with van der Waals surface area (Å²) in [5.74, 6) is -0.378. The summed E-state index contributed by atoms with van der Waals surface area (Å²) in [5.41, 5.74) is 0.412. The van der Waals surface area contributed by atoms with Crippen molar-refractivity contribution in [2.24, 2.45) is 0 Å². The van der Waals surface area contributed by atoms with Gasteiger partial charge in [0.2, 0.25) is 15.0 Å². The van der Waals surface area contributed by atoms with E-state index in [-0.39, 0.29) is 23.8 Å². The minimum atomic E-state index is -3.82. The van der Waals surface area contributed by atoms with Gasteiger partial charge in [0.15, 0.2) is 9.84 Å². The minimum Gasteiger partial charge on any atom is -0.310 e. The van der Waals surface area contributed by atoms with Crippen molar-refractivity contribution in [1.29, 1.82) is 0 Å². The molecule has 1 saturated heterocycles. The van der Waals surface area contributed by atoms with E-state index in [4.69, 9.17) is 10.7 Å². The summed E-state index contributed by atoms with van der Waals surface area (Å²) in [4.78, 5) is 13.3. The van der Waals surface area contributed by atoms with Gasteiger partial charge in [0.1, 0.15) is 5.25 Å². The van der Waals surface area contributed by atoms with E-state index in [1.54, 1.807) is 0 Å². The second kappa shape index (κ2) is 5.53. The van der Waals surface area contributed by atoms with Gasteiger partial charge in [-0.05, 0) is 34.1 Å². The summed E-state index contributed by atoms with van der Waals surface area (Å²) in [7, 11) is -1.90. The van der Waals surface area contributed by atoms with Gasteiger partial charge in [-0.1, -0.05) is 0 Å². The van der Waals surface area contributed by atoms with Crippen molar-refractivity contribution in [2.45, 2.75) is 16.6 Å². The number of hydrogen-bond acceptors (Lipinski definition) is 5. The van der Waals surface area contributed by atoms with Crippen LogP contribution in [0.4, 0.5) is 5.69 Å². The second-order valence-electron chi connectivity index (χ2n) is 4.69. The zero-order chi connectivity index (χ0) is 16.0. The highest BCUT2D eigenvalue weighted by Crippen LogP contribution is 2.33. The lowest BCUT2D eigenvalue weighted by atomic mass is 10.3. The van der Waals surface area contributed by atoms with Gasteiger partial charge in [-0.2, -0.15) is 0 Å². The van der Waals surface area contributed by atoms with Crippen molar-refractivity contribution in [2.75, 3.05) is 17.7 Å². The fraction of sp³-hybridized carbons (Fsp3) is 0.364. The lowest BCUT2D eigenvalue weighted by Crippen LogP contribution is -2.27. The van der Waals surface area contributed by atoms with Gasteiger partial charge in [-0.15, -0.1) is 0 Å². The summed E-state index contributed by atoms with van der Waals surface area (Å²) in [6.07, 6.45) is 0.887. The first-order chi connectivity index (χ1) is 9.50. The number of nitrogens with zero attached hydrogens (tertiary/aromatic N) is 1. The minimum absolute atomic E-state index is 0.0541. The molecule has 1 aromatic carbocycles. The average Bonchev–Trinajstić information content (AvgIpc) is 2.70. The summed E-state index contributed by atoms with van der Waals surface area (Å²) in [5, 5.41) is -0.965. The van der Waals surface area contributed by atoms with E-state index in [0.717, 1.165) is 6.26 Å². The van der Waals surface area contributed by atoms with Crippen LogP contribution in [0.5, 0.6) is 0 Å². The molecule has 0 aliphatic carbocycles. The highest BCUT2D eigenvalue weighted by molar-refractivity contribution is 9.10. The molecule has 21 heavy (non-hydrogen) atoms. The first-order valence-electron chi connectivity index (χ1n) is 5.73. The molecule has 10 heteroatoms. The molecule has 0 radical (unpaired) electrons.